The summed E-state index contributed by atoms with van der Waals surface area (Å²) < 4.78 is 54.4. The summed E-state index contributed by atoms with van der Waals surface area (Å²) in [6.07, 6.45) is 3.12. The zero-order valence-electron chi connectivity index (χ0n) is 16.7. The Kier molecular flexibility index (Phi) is 4.85. The minimum absolute atomic E-state index is 0.0199. The Morgan fingerprint density at radius 3 is 2.50 bits per heavy atom. The molecule has 160 valence electrons. The van der Waals surface area contributed by atoms with E-state index in [1.165, 1.54) is 10.6 Å². The number of ether oxygens (including phenoxy) is 2. The van der Waals surface area contributed by atoms with E-state index in [0.717, 1.165) is 29.7 Å². The van der Waals surface area contributed by atoms with Crippen molar-refractivity contribution >= 4 is 16.6 Å². The second kappa shape index (κ2) is 7.84. The SMILES string of the molecule is COc1ccc2c(OCc3nnc4c(F)cc(-c5cc(F)cc(F)c5)cn34)ccnc2c1. The lowest BCUT2D eigenvalue weighted by Crippen LogP contribution is -2.03. The Hall–Kier alpha value is -4.14. The molecular formula is C23H15F3N4O2. The highest BCUT2D eigenvalue weighted by Gasteiger charge is 2.15. The molecule has 0 aliphatic heterocycles. The molecule has 2 aromatic carbocycles. The fraction of sp³-hybridized carbons (Fsp3) is 0.0870. The summed E-state index contributed by atoms with van der Waals surface area (Å²) in [4.78, 5) is 4.31. The highest BCUT2D eigenvalue weighted by molar-refractivity contribution is 5.85. The van der Waals surface area contributed by atoms with Crippen LogP contribution >= 0.6 is 0 Å². The molecule has 0 saturated carbocycles. The van der Waals surface area contributed by atoms with Crippen molar-refractivity contribution in [2.45, 2.75) is 6.61 Å². The predicted molar refractivity (Wildman–Crippen MR) is 111 cm³/mol. The zero-order valence-corrected chi connectivity index (χ0v) is 16.7. The van der Waals surface area contributed by atoms with Crippen LogP contribution in [0.3, 0.4) is 0 Å². The molecule has 0 unspecified atom stereocenters. The van der Waals surface area contributed by atoms with E-state index in [9.17, 15) is 13.2 Å². The molecule has 0 aliphatic carbocycles. The maximum absolute atomic E-state index is 14.6. The average molecular weight is 436 g/mol. The Labute approximate surface area is 179 Å². The summed E-state index contributed by atoms with van der Waals surface area (Å²) in [6.45, 7) is -0.0211. The van der Waals surface area contributed by atoms with Crippen LogP contribution in [-0.2, 0) is 6.61 Å². The van der Waals surface area contributed by atoms with Crippen molar-refractivity contribution in [3.63, 3.8) is 0 Å². The summed E-state index contributed by atoms with van der Waals surface area (Å²) in [6, 6.07) is 11.3. The Bertz CT molecular complexity index is 1450. The Morgan fingerprint density at radius 1 is 0.906 bits per heavy atom. The largest absolute Gasteiger partial charge is 0.497 e. The molecule has 3 aromatic heterocycles. The van der Waals surface area contributed by atoms with Crippen molar-refractivity contribution in [2.75, 3.05) is 7.11 Å². The fourth-order valence-corrected chi connectivity index (χ4v) is 3.47. The van der Waals surface area contributed by atoms with Crippen molar-refractivity contribution in [1.82, 2.24) is 19.6 Å². The highest BCUT2D eigenvalue weighted by Crippen LogP contribution is 2.28. The van der Waals surface area contributed by atoms with E-state index in [0.29, 0.717) is 22.8 Å². The molecule has 0 N–H and O–H groups in total. The molecule has 5 rings (SSSR count). The molecule has 3 heterocycles. The van der Waals surface area contributed by atoms with Gasteiger partial charge in [0, 0.05) is 35.5 Å². The molecule has 0 atom stereocenters. The first-order valence-electron chi connectivity index (χ1n) is 9.57. The van der Waals surface area contributed by atoms with Crippen molar-refractivity contribution in [3.8, 4) is 22.6 Å². The number of fused-ring (bicyclic) bond motifs is 2. The third-order valence-electron chi connectivity index (χ3n) is 4.99. The standard InChI is InChI=1S/C23H15F3N4O2/c1-31-17-2-3-18-20(10-17)27-5-4-21(18)32-12-22-28-29-23-19(26)8-14(11-30(22)23)13-6-15(24)9-16(25)7-13/h2-11H,12H2,1H3. The average Bonchev–Trinajstić information content (AvgIpc) is 3.20. The van der Waals surface area contributed by atoms with Crippen molar-refractivity contribution in [1.29, 1.82) is 0 Å². The van der Waals surface area contributed by atoms with Crippen LogP contribution in [0.5, 0.6) is 11.5 Å². The van der Waals surface area contributed by atoms with E-state index in [2.05, 4.69) is 15.2 Å². The van der Waals surface area contributed by atoms with Gasteiger partial charge in [0.1, 0.15) is 29.7 Å². The van der Waals surface area contributed by atoms with Gasteiger partial charge in [-0.05, 0) is 42.0 Å². The van der Waals surface area contributed by atoms with Crippen molar-refractivity contribution < 1.29 is 22.6 Å². The van der Waals surface area contributed by atoms with Gasteiger partial charge in [0.25, 0.3) is 0 Å². The van der Waals surface area contributed by atoms with E-state index in [1.807, 2.05) is 6.07 Å². The molecule has 0 fully saturated rings. The van der Waals surface area contributed by atoms with Gasteiger partial charge in [-0.15, -0.1) is 10.2 Å². The van der Waals surface area contributed by atoms with Crippen molar-refractivity contribution in [2.24, 2.45) is 0 Å². The lowest BCUT2D eigenvalue weighted by atomic mass is 10.1. The van der Waals surface area contributed by atoms with Gasteiger partial charge in [-0.1, -0.05) is 0 Å². The van der Waals surface area contributed by atoms with Crippen LogP contribution in [0.4, 0.5) is 13.2 Å². The Balaban J connectivity index is 1.50. The minimum Gasteiger partial charge on any atom is -0.497 e. The second-order valence-corrected chi connectivity index (χ2v) is 7.03. The van der Waals surface area contributed by atoms with Gasteiger partial charge in [0.2, 0.25) is 0 Å². The molecule has 0 aliphatic rings. The monoisotopic (exact) mass is 436 g/mol. The smallest absolute Gasteiger partial charge is 0.197 e. The van der Waals surface area contributed by atoms with Gasteiger partial charge in [0.15, 0.2) is 17.3 Å². The van der Waals surface area contributed by atoms with Gasteiger partial charge < -0.3 is 9.47 Å². The number of methoxy groups -OCH3 is 1. The topological polar surface area (TPSA) is 61.5 Å². The van der Waals surface area contributed by atoms with Gasteiger partial charge in [-0.2, -0.15) is 0 Å². The summed E-state index contributed by atoms with van der Waals surface area (Å²) >= 11 is 0. The molecule has 0 bridgehead atoms. The van der Waals surface area contributed by atoms with Crippen molar-refractivity contribution in [3.05, 3.63) is 84.2 Å². The van der Waals surface area contributed by atoms with Crippen LogP contribution in [0.15, 0.2) is 60.9 Å². The summed E-state index contributed by atoms with van der Waals surface area (Å²) in [5.41, 5.74) is 1.14. The first kappa shape index (κ1) is 19.8. The van der Waals surface area contributed by atoms with Crippen LogP contribution in [-0.4, -0.2) is 26.7 Å². The van der Waals surface area contributed by atoms with E-state index < -0.39 is 17.5 Å². The fourth-order valence-electron chi connectivity index (χ4n) is 3.47. The molecule has 0 spiro atoms. The number of hydrogen-bond donors (Lipinski definition) is 0. The zero-order chi connectivity index (χ0) is 22.2. The molecule has 5 aromatic rings. The molecule has 9 heteroatoms. The quantitative estimate of drug-likeness (QED) is 0.390. The normalized spacial score (nSPS) is 11.2. The number of benzene rings is 2. The van der Waals surface area contributed by atoms with E-state index in [4.69, 9.17) is 9.47 Å². The second-order valence-electron chi connectivity index (χ2n) is 7.03. The maximum atomic E-state index is 14.6. The number of rotatable bonds is 5. The number of nitrogens with zero attached hydrogens (tertiary/aromatic N) is 4. The van der Waals surface area contributed by atoms with E-state index in [1.54, 1.807) is 31.5 Å². The summed E-state index contributed by atoms with van der Waals surface area (Å²) in [7, 11) is 1.57. The molecule has 0 saturated heterocycles. The number of halogens is 3. The molecule has 0 amide bonds. The molecule has 32 heavy (non-hydrogen) atoms. The number of aromatic nitrogens is 4. The Morgan fingerprint density at radius 2 is 1.72 bits per heavy atom. The summed E-state index contributed by atoms with van der Waals surface area (Å²) in [5.74, 6) is -0.646. The number of pyridine rings is 2. The first-order chi connectivity index (χ1) is 15.5. The lowest BCUT2D eigenvalue weighted by molar-refractivity contribution is 0.298. The molecule has 6 nitrogen and oxygen atoms in total. The van der Waals surface area contributed by atoms with Crippen LogP contribution in [0.2, 0.25) is 0 Å². The van der Waals surface area contributed by atoms with Crippen LogP contribution in [0, 0.1) is 17.5 Å². The lowest BCUT2D eigenvalue weighted by Gasteiger charge is -2.10. The third-order valence-corrected chi connectivity index (χ3v) is 4.99. The van der Waals surface area contributed by atoms with E-state index >= 15 is 0 Å². The third kappa shape index (κ3) is 3.58. The van der Waals surface area contributed by atoms with Crippen LogP contribution < -0.4 is 9.47 Å². The van der Waals surface area contributed by atoms with Gasteiger partial charge in [-0.25, -0.2) is 13.2 Å². The van der Waals surface area contributed by atoms with E-state index in [-0.39, 0.29) is 23.4 Å². The van der Waals surface area contributed by atoms with Gasteiger partial charge in [-0.3, -0.25) is 9.38 Å². The summed E-state index contributed by atoms with van der Waals surface area (Å²) in [5, 5.41) is 8.65. The number of hydrogen-bond acceptors (Lipinski definition) is 5. The first-order valence-corrected chi connectivity index (χ1v) is 9.57. The van der Waals surface area contributed by atoms with Crippen LogP contribution in [0.1, 0.15) is 5.82 Å². The predicted octanol–water partition coefficient (Wildman–Crippen LogP) is 4.95. The molecular weight excluding hydrogens is 421 g/mol. The highest BCUT2D eigenvalue weighted by atomic mass is 19.1. The molecule has 0 radical (unpaired) electrons. The van der Waals surface area contributed by atoms with Crippen LogP contribution in [0.25, 0.3) is 27.7 Å². The van der Waals surface area contributed by atoms with Gasteiger partial charge in [0.05, 0.1) is 12.6 Å². The maximum Gasteiger partial charge on any atom is 0.197 e. The van der Waals surface area contributed by atoms with Gasteiger partial charge >= 0.3 is 0 Å². The minimum atomic E-state index is -0.756.